The molecule has 1 aromatic carbocycles. The van der Waals surface area contributed by atoms with Crippen LogP contribution in [0.4, 0.5) is 0 Å². The SMILES string of the molecule is Cc1cccc(I)c1C(=O)N1CCCC(C)(C(=O)O)C1. The molecule has 0 radical (unpaired) electrons. The average Bonchev–Trinajstić information content (AvgIpc) is 2.38. The molecular formula is C15H18INO3. The Labute approximate surface area is 132 Å². The van der Waals surface area contributed by atoms with Gasteiger partial charge in [0, 0.05) is 16.7 Å². The van der Waals surface area contributed by atoms with Gasteiger partial charge in [-0.1, -0.05) is 12.1 Å². The van der Waals surface area contributed by atoms with Crippen LogP contribution in [0.1, 0.15) is 35.7 Å². The Bertz CT molecular complexity index is 538. The Morgan fingerprint density at radius 3 is 2.70 bits per heavy atom. The van der Waals surface area contributed by atoms with E-state index in [1.807, 2.05) is 25.1 Å². The molecule has 20 heavy (non-hydrogen) atoms. The first-order valence-electron chi connectivity index (χ1n) is 6.63. The standard InChI is InChI=1S/C15H18INO3/c1-10-5-3-6-11(16)12(10)13(18)17-8-4-7-15(2,9-17)14(19)20/h3,5-6H,4,7-9H2,1-2H3,(H,19,20). The second-order valence-electron chi connectivity index (χ2n) is 5.63. The topological polar surface area (TPSA) is 57.6 Å². The van der Waals surface area contributed by atoms with Crippen LogP contribution >= 0.6 is 22.6 Å². The summed E-state index contributed by atoms with van der Waals surface area (Å²) in [6.45, 7) is 4.55. The van der Waals surface area contributed by atoms with E-state index < -0.39 is 11.4 Å². The maximum Gasteiger partial charge on any atom is 0.311 e. The minimum absolute atomic E-state index is 0.0559. The number of likely N-dealkylation sites (tertiary alicyclic amines) is 1. The highest BCUT2D eigenvalue weighted by Gasteiger charge is 2.39. The summed E-state index contributed by atoms with van der Waals surface area (Å²) in [6, 6.07) is 5.74. The van der Waals surface area contributed by atoms with Crippen molar-refractivity contribution >= 4 is 34.5 Å². The molecule has 1 heterocycles. The smallest absolute Gasteiger partial charge is 0.311 e. The van der Waals surface area contributed by atoms with Crippen LogP contribution < -0.4 is 0 Å². The number of hydrogen-bond donors (Lipinski definition) is 1. The fourth-order valence-electron chi connectivity index (χ4n) is 2.65. The fraction of sp³-hybridized carbons (Fsp3) is 0.467. The maximum atomic E-state index is 12.7. The minimum atomic E-state index is -0.831. The van der Waals surface area contributed by atoms with Gasteiger partial charge >= 0.3 is 5.97 Å². The number of halogens is 1. The van der Waals surface area contributed by atoms with Gasteiger partial charge in [-0.05, 0) is 60.9 Å². The van der Waals surface area contributed by atoms with Crippen molar-refractivity contribution in [3.8, 4) is 0 Å². The first-order valence-corrected chi connectivity index (χ1v) is 7.71. The van der Waals surface area contributed by atoms with Crippen molar-refractivity contribution in [1.82, 2.24) is 4.90 Å². The number of hydrogen-bond acceptors (Lipinski definition) is 2. The van der Waals surface area contributed by atoms with Crippen molar-refractivity contribution in [3.63, 3.8) is 0 Å². The molecule has 1 amide bonds. The third-order valence-electron chi connectivity index (χ3n) is 3.94. The number of benzene rings is 1. The van der Waals surface area contributed by atoms with Crippen molar-refractivity contribution in [2.24, 2.45) is 5.41 Å². The van der Waals surface area contributed by atoms with Crippen LogP contribution in [-0.4, -0.2) is 35.0 Å². The highest BCUT2D eigenvalue weighted by Crippen LogP contribution is 2.31. The van der Waals surface area contributed by atoms with Crippen LogP contribution in [-0.2, 0) is 4.79 Å². The number of carbonyl (C=O) groups is 2. The Morgan fingerprint density at radius 2 is 2.10 bits per heavy atom. The zero-order chi connectivity index (χ0) is 14.9. The van der Waals surface area contributed by atoms with Gasteiger partial charge in [0.05, 0.1) is 11.0 Å². The van der Waals surface area contributed by atoms with Crippen LogP contribution in [0, 0.1) is 15.9 Å². The summed E-state index contributed by atoms with van der Waals surface area (Å²) in [5, 5.41) is 9.34. The molecule has 1 aliphatic rings. The molecule has 1 aromatic rings. The molecule has 1 fully saturated rings. The van der Waals surface area contributed by atoms with Crippen LogP contribution in [0.25, 0.3) is 0 Å². The van der Waals surface area contributed by atoms with E-state index in [4.69, 9.17) is 0 Å². The molecule has 1 saturated heterocycles. The van der Waals surface area contributed by atoms with E-state index >= 15 is 0 Å². The van der Waals surface area contributed by atoms with Crippen molar-refractivity contribution in [2.75, 3.05) is 13.1 Å². The Balaban J connectivity index is 2.28. The number of carboxylic acid groups (broad SMARTS) is 1. The molecule has 0 aromatic heterocycles. The highest BCUT2D eigenvalue weighted by molar-refractivity contribution is 14.1. The van der Waals surface area contributed by atoms with Crippen LogP contribution in [0.2, 0.25) is 0 Å². The van der Waals surface area contributed by atoms with Gasteiger partial charge in [0.15, 0.2) is 0 Å². The summed E-state index contributed by atoms with van der Waals surface area (Å²) in [5.74, 6) is -0.880. The van der Waals surface area contributed by atoms with Gasteiger partial charge < -0.3 is 10.0 Å². The lowest BCUT2D eigenvalue weighted by atomic mass is 9.82. The van der Waals surface area contributed by atoms with Gasteiger partial charge in [0.25, 0.3) is 5.91 Å². The number of piperidine rings is 1. The van der Waals surface area contributed by atoms with E-state index in [-0.39, 0.29) is 12.5 Å². The quantitative estimate of drug-likeness (QED) is 0.794. The van der Waals surface area contributed by atoms with Crippen LogP contribution in [0.15, 0.2) is 18.2 Å². The second-order valence-corrected chi connectivity index (χ2v) is 6.79. The summed E-state index contributed by atoms with van der Waals surface area (Å²) in [5.41, 5.74) is 0.800. The number of nitrogens with zero attached hydrogens (tertiary/aromatic N) is 1. The van der Waals surface area contributed by atoms with Crippen LogP contribution in [0.5, 0.6) is 0 Å². The summed E-state index contributed by atoms with van der Waals surface area (Å²) < 4.78 is 0.912. The van der Waals surface area contributed by atoms with Gasteiger partial charge in [-0.25, -0.2) is 0 Å². The van der Waals surface area contributed by atoms with Crippen molar-refractivity contribution < 1.29 is 14.7 Å². The van der Waals surface area contributed by atoms with Gasteiger partial charge in [0.1, 0.15) is 0 Å². The predicted octanol–water partition coefficient (Wildman–Crippen LogP) is 2.93. The lowest BCUT2D eigenvalue weighted by Gasteiger charge is -2.37. The van der Waals surface area contributed by atoms with E-state index in [0.29, 0.717) is 18.5 Å². The number of amides is 1. The number of carboxylic acids is 1. The number of carbonyl (C=O) groups excluding carboxylic acids is 1. The first-order chi connectivity index (χ1) is 9.35. The van der Waals surface area contributed by atoms with Gasteiger partial charge in [0.2, 0.25) is 0 Å². The normalized spacial score (nSPS) is 22.6. The maximum absolute atomic E-state index is 12.7. The van der Waals surface area contributed by atoms with E-state index in [1.165, 1.54) is 0 Å². The molecule has 0 spiro atoms. The monoisotopic (exact) mass is 387 g/mol. The van der Waals surface area contributed by atoms with E-state index in [0.717, 1.165) is 15.6 Å². The Hall–Kier alpha value is -1.11. The summed E-state index contributed by atoms with van der Waals surface area (Å²) in [7, 11) is 0. The lowest BCUT2D eigenvalue weighted by molar-refractivity contribution is -0.150. The van der Waals surface area contributed by atoms with Crippen molar-refractivity contribution in [3.05, 3.63) is 32.9 Å². The molecule has 0 saturated carbocycles. The molecular weight excluding hydrogens is 369 g/mol. The molecule has 1 unspecified atom stereocenters. The van der Waals surface area contributed by atoms with E-state index in [1.54, 1.807) is 11.8 Å². The molecule has 4 nitrogen and oxygen atoms in total. The molecule has 1 N–H and O–H groups in total. The number of rotatable bonds is 2. The molecule has 1 aliphatic heterocycles. The Morgan fingerprint density at radius 1 is 1.40 bits per heavy atom. The summed E-state index contributed by atoms with van der Waals surface area (Å²) in [4.78, 5) is 25.7. The average molecular weight is 387 g/mol. The van der Waals surface area contributed by atoms with Gasteiger partial charge in [-0.15, -0.1) is 0 Å². The number of aryl methyl sites for hydroxylation is 1. The molecule has 5 heteroatoms. The van der Waals surface area contributed by atoms with Crippen molar-refractivity contribution in [2.45, 2.75) is 26.7 Å². The number of aliphatic carboxylic acids is 1. The molecule has 2 rings (SSSR count). The molecule has 1 atom stereocenters. The lowest BCUT2D eigenvalue weighted by Crippen LogP contribution is -2.48. The van der Waals surface area contributed by atoms with E-state index in [9.17, 15) is 14.7 Å². The van der Waals surface area contributed by atoms with Gasteiger partial charge in [-0.2, -0.15) is 0 Å². The van der Waals surface area contributed by atoms with Crippen molar-refractivity contribution in [1.29, 1.82) is 0 Å². The first kappa shape index (κ1) is 15.3. The predicted molar refractivity (Wildman–Crippen MR) is 84.8 cm³/mol. The summed E-state index contributed by atoms with van der Waals surface area (Å²) >= 11 is 2.16. The third kappa shape index (κ3) is 2.82. The molecule has 0 aliphatic carbocycles. The molecule has 0 bridgehead atoms. The zero-order valence-corrected chi connectivity index (χ0v) is 13.8. The van der Waals surface area contributed by atoms with Gasteiger partial charge in [-0.3, -0.25) is 9.59 Å². The zero-order valence-electron chi connectivity index (χ0n) is 11.6. The van der Waals surface area contributed by atoms with Crippen LogP contribution in [0.3, 0.4) is 0 Å². The highest BCUT2D eigenvalue weighted by atomic mass is 127. The third-order valence-corrected chi connectivity index (χ3v) is 4.83. The van der Waals surface area contributed by atoms with E-state index in [2.05, 4.69) is 22.6 Å². The Kier molecular flexibility index (Phi) is 4.36. The minimum Gasteiger partial charge on any atom is -0.481 e. The summed E-state index contributed by atoms with van der Waals surface area (Å²) in [6.07, 6.45) is 1.36. The molecule has 108 valence electrons. The second kappa shape index (κ2) is 5.71. The largest absolute Gasteiger partial charge is 0.481 e. The fourth-order valence-corrected chi connectivity index (χ4v) is 3.51.